The van der Waals surface area contributed by atoms with E-state index in [1.165, 1.54) is 16.7 Å². The first-order valence-electron chi connectivity index (χ1n) is 23.0. The number of aliphatic hydroxyl groups excluding tert-OH is 1. The Morgan fingerprint density at radius 3 is 1.94 bits per heavy atom. The molecule has 5 rings (SSSR count). The second-order valence-electron chi connectivity index (χ2n) is 18.3. The van der Waals surface area contributed by atoms with Crippen molar-refractivity contribution in [3.63, 3.8) is 0 Å². The van der Waals surface area contributed by atoms with Crippen LogP contribution in [0.2, 0.25) is 0 Å². The fraction of sp³-hybridized carbons (Fsp3) is 0.463. The summed E-state index contributed by atoms with van der Waals surface area (Å²) >= 11 is 0. The van der Waals surface area contributed by atoms with Crippen LogP contribution in [-0.2, 0) is 39.5 Å². The summed E-state index contributed by atoms with van der Waals surface area (Å²) in [5, 5.41) is 37.0. The van der Waals surface area contributed by atoms with Crippen LogP contribution in [0.15, 0.2) is 59.0 Å². The van der Waals surface area contributed by atoms with E-state index in [2.05, 4.69) is 66.3 Å². The van der Waals surface area contributed by atoms with Crippen molar-refractivity contribution in [3.8, 4) is 0 Å². The molecule has 5 heterocycles. The van der Waals surface area contributed by atoms with Crippen molar-refractivity contribution in [2.45, 2.75) is 145 Å². The number of carboxylic acids is 2. The monoisotopic (exact) mass is 924 g/mol. The molecule has 2 unspecified atom stereocenters. The fourth-order valence-electron chi connectivity index (χ4n) is 8.94. The van der Waals surface area contributed by atoms with Gasteiger partial charge in [-0.3, -0.25) is 14.4 Å². The predicted octanol–water partition coefficient (Wildman–Crippen LogP) is 10.2. The molecule has 1 fully saturated rings. The van der Waals surface area contributed by atoms with Gasteiger partial charge in [0.15, 0.2) is 0 Å². The third-order valence-corrected chi connectivity index (χ3v) is 12.9. The number of carbonyl (C=O) groups is 3. The number of aldehydes is 1. The largest absolute Gasteiger partial charge is 4.00 e. The van der Waals surface area contributed by atoms with E-state index in [1.807, 2.05) is 32.1 Å². The van der Waals surface area contributed by atoms with Crippen molar-refractivity contribution in [2.75, 3.05) is 0 Å². The smallest absolute Gasteiger partial charge is 0.664 e. The van der Waals surface area contributed by atoms with E-state index in [4.69, 9.17) is 20.3 Å². The minimum atomic E-state index is -1.02. The molecule has 3 aromatic heterocycles. The molecule has 8 bridgehead atoms. The summed E-state index contributed by atoms with van der Waals surface area (Å²) in [5.41, 5.74) is 11.8. The molecule has 1 saturated heterocycles. The van der Waals surface area contributed by atoms with Crippen LogP contribution in [-0.4, -0.2) is 33.5 Å². The average molecular weight is 925 g/mol. The van der Waals surface area contributed by atoms with Crippen LogP contribution < -0.4 is 25.7 Å². The minimum absolute atomic E-state index is 0. The second kappa shape index (κ2) is 24.4. The minimum Gasteiger partial charge on any atom is -0.664 e. The van der Waals surface area contributed by atoms with Gasteiger partial charge >= 0.3 is 29.0 Å². The molecule has 0 amide bonds. The molecule has 0 radical (unpaired) electrons. The molecule has 0 aliphatic carbocycles. The third-order valence-electron chi connectivity index (χ3n) is 12.9. The van der Waals surface area contributed by atoms with Gasteiger partial charge in [0.1, 0.15) is 6.29 Å². The van der Waals surface area contributed by atoms with Crippen LogP contribution in [0.5, 0.6) is 0 Å². The number of aliphatic carboxylic acids is 2. The quantitative estimate of drug-likeness (QED) is 0.0505. The normalized spacial score (nSPS) is 19.5. The maximum atomic E-state index is 12.8. The first-order chi connectivity index (χ1) is 30.5. The Labute approximate surface area is 396 Å². The first-order valence-corrected chi connectivity index (χ1v) is 23.0. The Balaban J connectivity index is 0.00000925. The van der Waals surface area contributed by atoms with Crippen LogP contribution in [0, 0.1) is 31.6 Å². The average Bonchev–Trinajstić information content (AvgIpc) is 3.91. The zero-order chi connectivity index (χ0) is 46.7. The van der Waals surface area contributed by atoms with Gasteiger partial charge in [0.2, 0.25) is 0 Å². The summed E-state index contributed by atoms with van der Waals surface area (Å²) in [6.45, 7) is 21.1. The summed E-state index contributed by atoms with van der Waals surface area (Å²) in [4.78, 5) is 51.3. The van der Waals surface area contributed by atoms with E-state index < -0.39 is 18.0 Å². The number of aromatic nitrogens is 3. The molecule has 11 heteroatoms. The number of fused-ring (bicyclic) bond motifs is 8. The van der Waals surface area contributed by atoms with E-state index in [0.29, 0.717) is 63.2 Å². The Hall–Kier alpha value is -5.09. The van der Waals surface area contributed by atoms with Crippen molar-refractivity contribution in [1.82, 2.24) is 15.0 Å². The molecule has 10 nitrogen and oxygen atoms in total. The molecular formula is C54H68FeN4O6. The second-order valence-corrected chi connectivity index (χ2v) is 18.3. The SMILES string of the molecule is C=C[C@@H]1/C2=C/c3[n-]c(c(CCC(=O)O)c3C)/C=c3/[n-]/c(c(C=O)c3CCC(=O)O)=C\c3[n-]c(c([C@@H](O)CCCC(C)CC/C=C(\C)CC/C=C(\C)CCC=C(C)C)c3C)/C=C(/[N-]2)C1C.[Fe+4]. The van der Waals surface area contributed by atoms with Crippen LogP contribution in [0.3, 0.4) is 0 Å². The van der Waals surface area contributed by atoms with Crippen molar-refractivity contribution in [2.24, 2.45) is 17.8 Å². The van der Waals surface area contributed by atoms with E-state index in [0.717, 1.165) is 79.5 Å². The molecule has 3 aromatic rings. The molecule has 0 saturated carbocycles. The molecular weight excluding hydrogens is 856 g/mol. The summed E-state index contributed by atoms with van der Waals surface area (Å²) in [5.74, 6) is -1.66. The molecule has 3 N–H and O–H groups in total. The van der Waals surface area contributed by atoms with Gasteiger partial charge in [0.05, 0.1) is 6.10 Å². The number of carboxylic acid groups (broad SMARTS) is 2. The number of hydrogen-bond donors (Lipinski definition) is 3. The van der Waals surface area contributed by atoms with E-state index in [9.17, 15) is 29.7 Å². The van der Waals surface area contributed by atoms with Gasteiger partial charge in [-0.05, 0) is 123 Å². The van der Waals surface area contributed by atoms with Crippen molar-refractivity contribution >= 4 is 42.5 Å². The Morgan fingerprint density at radius 1 is 0.723 bits per heavy atom. The van der Waals surface area contributed by atoms with Crippen molar-refractivity contribution in [3.05, 3.63) is 131 Å². The predicted molar refractivity (Wildman–Crippen MR) is 257 cm³/mol. The molecule has 2 aliphatic rings. The molecule has 0 spiro atoms. The van der Waals surface area contributed by atoms with E-state index in [1.54, 1.807) is 12.2 Å². The van der Waals surface area contributed by atoms with Gasteiger partial charge in [-0.25, -0.2) is 0 Å². The van der Waals surface area contributed by atoms with Crippen LogP contribution in [0.4, 0.5) is 0 Å². The Kier molecular flexibility index (Phi) is 19.8. The molecule has 4 atom stereocenters. The fourth-order valence-corrected chi connectivity index (χ4v) is 8.94. The number of nitrogens with zero attached hydrogens (tertiary/aromatic N) is 4. The molecule has 65 heavy (non-hydrogen) atoms. The first kappa shape index (κ1) is 52.5. The van der Waals surface area contributed by atoms with E-state index in [-0.39, 0.29) is 60.2 Å². The standard InChI is InChI=1S/C54H70N4O6.Fe/c1-10-39-36(7)44-29-50-54(51(60)22-14-21-35(6)20-13-19-34(5)18-12-17-33(4)16-11-15-32(2)3)38(9)45(57-50)28-49-42(31-59)41(24-26-53(63)64)48(58-49)30-47-40(23-25-52(61)62)37(8)43(56-47)27-46(39)55-44;/h10,15,17,19,27-31,35-36,39,51,60H,1,11-14,16,18,20-26H2,2-9H3,(H4,55,56,59,61,62,63,64);/q-2;+4/p-2/b33-17+,34-19+,44-29+,49-28-;/t35?,36?,39-,51-;/m0./s1. The van der Waals surface area contributed by atoms with E-state index >= 15 is 0 Å². The number of carbonyl (C=O) groups excluding carboxylic acids is 1. The number of allylic oxidation sites excluding steroid dienone is 8. The van der Waals surface area contributed by atoms with Crippen LogP contribution in [0.25, 0.3) is 29.6 Å². The van der Waals surface area contributed by atoms with Gasteiger partial charge in [0.25, 0.3) is 0 Å². The summed E-state index contributed by atoms with van der Waals surface area (Å²) in [6, 6.07) is 0. The number of rotatable bonds is 22. The van der Waals surface area contributed by atoms with Crippen molar-refractivity contribution in [1.29, 1.82) is 0 Å². The van der Waals surface area contributed by atoms with Crippen LogP contribution >= 0.6 is 0 Å². The molecule has 0 aromatic carbocycles. The zero-order valence-electron chi connectivity index (χ0n) is 39.6. The van der Waals surface area contributed by atoms with Crippen molar-refractivity contribution < 1.29 is 46.8 Å². The topological polar surface area (TPSA) is 168 Å². The summed E-state index contributed by atoms with van der Waals surface area (Å²) in [7, 11) is 0. The summed E-state index contributed by atoms with van der Waals surface area (Å²) < 4.78 is 0. The third kappa shape index (κ3) is 14.0. The van der Waals surface area contributed by atoms with Gasteiger partial charge in [-0.1, -0.05) is 114 Å². The molecule has 348 valence electrons. The summed E-state index contributed by atoms with van der Waals surface area (Å²) in [6.07, 6.45) is 25.0. The van der Waals surface area contributed by atoms with Gasteiger partial charge in [0, 0.05) is 18.4 Å². The van der Waals surface area contributed by atoms with Gasteiger partial charge in [-0.2, -0.15) is 11.4 Å². The van der Waals surface area contributed by atoms with Gasteiger partial charge < -0.3 is 35.6 Å². The zero-order valence-corrected chi connectivity index (χ0v) is 40.7. The number of hydrogen-bond acceptors (Lipinski definition) is 4. The number of aliphatic hydroxyl groups is 1. The maximum Gasteiger partial charge on any atom is 4.00 e. The Morgan fingerprint density at radius 2 is 1.31 bits per heavy atom. The molecule has 2 aliphatic heterocycles. The van der Waals surface area contributed by atoms with Crippen LogP contribution in [0.1, 0.15) is 179 Å². The van der Waals surface area contributed by atoms with Gasteiger partial charge in [-0.15, -0.1) is 40.1 Å². The maximum absolute atomic E-state index is 12.8. The Bertz CT molecular complexity index is 2480.